The van der Waals surface area contributed by atoms with E-state index in [9.17, 15) is 0 Å². The average molecular weight is 248 g/mol. The molecule has 0 spiro atoms. The summed E-state index contributed by atoms with van der Waals surface area (Å²) < 4.78 is 10.7. The van der Waals surface area contributed by atoms with Crippen LogP contribution in [-0.2, 0) is 29.0 Å². The van der Waals surface area contributed by atoms with E-state index in [0.29, 0.717) is 12.6 Å². The van der Waals surface area contributed by atoms with Gasteiger partial charge in [0.05, 0.1) is 13.2 Å². The van der Waals surface area contributed by atoms with E-state index in [-0.39, 0.29) is 0 Å². The maximum Gasteiger partial charge on any atom is 0.0730 e. The van der Waals surface area contributed by atoms with Crippen LogP contribution >= 0.6 is 0 Å². The van der Waals surface area contributed by atoms with E-state index in [2.05, 4.69) is 9.88 Å². The Bertz CT molecular complexity index is 416. The predicted octanol–water partition coefficient (Wildman–Crippen LogP) is 1.38. The number of rotatable bonds is 3. The fourth-order valence-corrected chi connectivity index (χ4v) is 2.99. The molecule has 98 valence electrons. The van der Waals surface area contributed by atoms with E-state index < -0.39 is 0 Å². The van der Waals surface area contributed by atoms with Crippen molar-refractivity contribution in [2.24, 2.45) is 0 Å². The third-order valence-corrected chi connectivity index (χ3v) is 3.98. The highest BCUT2D eigenvalue weighted by Gasteiger charge is 2.27. The maximum absolute atomic E-state index is 5.48. The number of fused-ring (bicyclic) bond motifs is 1. The van der Waals surface area contributed by atoms with Crippen molar-refractivity contribution in [3.63, 3.8) is 0 Å². The zero-order chi connectivity index (χ0) is 12.4. The molecule has 0 N–H and O–H groups in total. The summed E-state index contributed by atoms with van der Waals surface area (Å²) in [4.78, 5) is 6.88. The van der Waals surface area contributed by atoms with Gasteiger partial charge in [0.1, 0.15) is 0 Å². The van der Waals surface area contributed by atoms with Gasteiger partial charge in [-0.3, -0.25) is 9.88 Å². The van der Waals surface area contributed by atoms with Crippen LogP contribution in [0.3, 0.4) is 0 Å². The second kappa shape index (κ2) is 5.34. The van der Waals surface area contributed by atoms with Gasteiger partial charge >= 0.3 is 0 Å². The first-order valence-electron chi connectivity index (χ1n) is 6.64. The van der Waals surface area contributed by atoms with Gasteiger partial charge in [0, 0.05) is 45.2 Å². The summed E-state index contributed by atoms with van der Waals surface area (Å²) in [5.41, 5.74) is 4.06. The molecule has 4 nitrogen and oxygen atoms in total. The fraction of sp³-hybridized carbons (Fsp3) is 0.643. The second-order valence-electron chi connectivity index (χ2n) is 5.11. The van der Waals surface area contributed by atoms with Crippen LogP contribution < -0.4 is 0 Å². The minimum Gasteiger partial charge on any atom is -0.380 e. The van der Waals surface area contributed by atoms with Crippen LogP contribution in [0.4, 0.5) is 0 Å². The molecule has 0 aliphatic carbocycles. The van der Waals surface area contributed by atoms with Gasteiger partial charge in [-0.15, -0.1) is 0 Å². The molecule has 0 aromatic carbocycles. The minimum absolute atomic E-state index is 0.601. The smallest absolute Gasteiger partial charge is 0.0730 e. The summed E-state index contributed by atoms with van der Waals surface area (Å²) in [7, 11) is 1.74. The maximum atomic E-state index is 5.48. The molecule has 18 heavy (non-hydrogen) atoms. The summed E-state index contributed by atoms with van der Waals surface area (Å²) >= 11 is 0. The monoisotopic (exact) mass is 248 g/mol. The highest BCUT2D eigenvalue weighted by Crippen LogP contribution is 2.25. The number of methoxy groups -OCH3 is 1. The first-order valence-corrected chi connectivity index (χ1v) is 6.64. The number of aromatic nitrogens is 1. The molecule has 0 amide bonds. The molecule has 1 fully saturated rings. The summed E-state index contributed by atoms with van der Waals surface area (Å²) in [6.45, 7) is 4.61. The molecule has 4 heteroatoms. The van der Waals surface area contributed by atoms with Crippen molar-refractivity contribution in [3.05, 3.63) is 29.1 Å². The highest BCUT2D eigenvalue weighted by molar-refractivity contribution is 5.33. The van der Waals surface area contributed by atoms with Crippen LogP contribution in [-0.4, -0.2) is 42.8 Å². The lowest BCUT2D eigenvalue weighted by atomic mass is 9.96. The van der Waals surface area contributed by atoms with E-state index >= 15 is 0 Å². The molecule has 1 saturated heterocycles. The van der Waals surface area contributed by atoms with Crippen molar-refractivity contribution in [2.45, 2.75) is 32.0 Å². The van der Waals surface area contributed by atoms with E-state index in [1.165, 1.54) is 23.1 Å². The first kappa shape index (κ1) is 12.1. The van der Waals surface area contributed by atoms with E-state index in [0.717, 1.165) is 32.7 Å². The number of hydrogen-bond donors (Lipinski definition) is 0. The van der Waals surface area contributed by atoms with Crippen LogP contribution in [0, 0.1) is 0 Å². The van der Waals surface area contributed by atoms with Crippen LogP contribution in [0.15, 0.2) is 12.4 Å². The van der Waals surface area contributed by atoms with E-state index in [4.69, 9.17) is 9.47 Å². The van der Waals surface area contributed by atoms with Gasteiger partial charge < -0.3 is 9.47 Å². The topological polar surface area (TPSA) is 34.6 Å². The molecule has 3 rings (SSSR count). The second-order valence-corrected chi connectivity index (χ2v) is 5.11. The zero-order valence-corrected chi connectivity index (χ0v) is 10.9. The van der Waals surface area contributed by atoms with Crippen LogP contribution in [0.2, 0.25) is 0 Å². The van der Waals surface area contributed by atoms with E-state index in [1.54, 1.807) is 7.11 Å². The molecule has 1 aromatic heterocycles. The lowest BCUT2D eigenvalue weighted by Gasteiger charge is -2.33. The van der Waals surface area contributed by atoms with Gasteiger partial charge in [-0.25, -0.2) is 0 Å². The number of ether oxygens (including phenoxy) is 2. The van der Waals surface area contributed by atoms with Crippen molar-refractivity contribution in [1.29, 1.82) is 0 Å². The van der Waals surface area contributed by atoms with Crippen molar-refractivity contribution in [3.8, 4) is 0 Å². The van der Waals surface area contributed by atoms with Crippen LogP contribution in [0.1, 0.15) is 23.1 Å². The van der Waals surface area contributed by atoms with Crippen molar-refractivity contribution < 1.29 is 9.47 Å². The molecular weight excluding hydrogens is 228 g/mol. The van der Waals surface area contributed by atoms with Gasteiger partial charge in [0.25, 0.3) is 0 Å². The van der Waals surface area contributed by atoms with Crippen LogP contribution in [0.5, 0.6) is 0 Å². The summed E-state index contributed by atoms with van der Waals surface area (Å²) in [6, 6.07) is 0.601. The molecule has 0 bridgehead atoms. The fourth-order valence-electron chi connectivity index (χ4n) is 2.99. The van der Waals surface area contributed by atoms with Gasteiger partial charge in [0.15, 0.2) is 0 Å². The highest BCUT2D eigenvalue weighted by atomic mass is 16.5. The summed E-state index contributed by atoms with van der Waals surface area (Å²) in [5.74, 6) is 0. The Morgan fingerprint density at radius 2 is 2.44 bits per heavy atom. The third-order valence-electron chi connectivity index (χ3n) is 3.98. The molecule has 0 unspecified atom stereocenters. The quantitative estimate of drug-likeness (QED) is 0.809. The lowest BCUT2D eigenvalue weighted by molar-refractivity contribution is 0.133. The normalized spacial score (nSPS) is 24.2. The third kappa shape index (κ3) is 2.28. The summed E-state index contributed by atoms with van der Waals surface area (Å²) in [5, 5.41) is 0. The molecule has 3 heterocycles. The van der Waals surface area contributed by atoms with Crippen molar-refractivity contribution in [2.75, 3.05) is 26.9 Å². The molecule has 2 aliphatic rings. The SMILES string of the molecule is COCc1cncc2c1CCN([C@@H]1CCOC1)C2. The Morgan fingerprint density at radius 1 is 1.50 bits per heavy atom. The first-order chi connectivity index (χ1) is 8.88. The number of nitrogens with zero attached hydrogens (tertiary/aromatic N) is 2. The predicted molar refractivity (Wildman–Crippen MR) is 68.3 cm³/mol. The Kier molecular flexibility index (Phi) is 3.59. The van der Waals surface area contributed by atoms with Crippen LogP contribution in [0.25, 0.3) is 0 Å². The average Bonchev–Trinajstić information content (AvgIpc) is 2.93. The van der Waals surface area contributed by atoms with Gasteiger partial charge in [-0.2, -0.15) is 0 Å². The standard InChI is InChI=1S/C14H20N2O2/c1-17-9-12-7-15-6-11-8-16(4-2-14(11)12)13-3-5-18-10-13/h6-7,13H,2-5,8-10H2,1H3/t13-/m1/s1. The minimum atomic E-state index is 0.601. The van der Waals surface area contributed by atoms with Gasteiger partial charge in [-0.1, -0.05) is 0 Å². The van der Waals surface area contributed by atoms with Crippen molar-refractivity contribution in [1.82, 2.24) is 9.88 Å². The molecular formula is C14H20N2O2. The Hall–Kier alpha value is -0.970. The number of hydrogen-bond acceptors (Lipinski definition) is 4. The molecule has 2 aliphatic heterocycles. The molecule has 1 atom stereocenters. The van der Waals surface area contributed by atoms with Crippen molar-refractivity contribution >= 4 is 0 Å². The molecule has 0 radical (unpaired) electrons. The number of pyridine rings is 1. The largest absolute Gasteiger partial charge is 0.380 e. The summed E-state index contributed by atoms with van der Waals surface area (Å²) in [6.07, 6.45) is 6.22. The molecule has 0 saturated carbocycles. The van der Waals surface area contributed by atoms with Gasteiger partial charge in [0.2, 0.25) is 0 Å². The Labute approximate surface area is 108 Å². The lowest BCUT2D eigenvalue weighted by Crippen LogP contribution is -2.40. The van der Waals surface area contributed by atoms with Gasteiger partial charge in [-0.05, 0) is 29.5 Å². The van der Waals surface area contributed by atoms with E-state index in [1.807, 2.05) is 12.4 Å². The Balaban J connectivity index is 1.78. The Morgan fingerprint density at radius 3 is 3.22 bits per heavy atom. The molecule has 1 aromatic rings. The zero-order valence-electron chi connectivity index (χ0n) is 10.9.